The van der Waals surface area contributed by atoms with E-state index in [2.05, 4.69) is 6.07 Å². The standard InChI is InChI=1S/C41H46N4O6/c1-27-20-34(23-39(49)44-25-30-9-3-2-8-29(30)21-33(44)26-46)51-41(27)35-22-32(43-19-7-5-11-38(43)48)16-17-36(35)45(40(41)50)24-28-12-14-31(15-13-28)42-18-6-4-10-37(42)47/h2-3,8-9,12-17,22,27,33-34,46H,4-7,10-11,18-21,23-26H2,1H3/t27-,33-,34-,41+/m0/s1. The van der Waals surface area contributed by atoms with Gasteiger partial charge in [-0.15, -0.1) is 0 Å². The first-order chi connectivity index (χ1) is 24.8. The van der Waals surface area contributed by atoms with Crippen LogP contribution in [0, 0.1) is 5.92 Å². The first-order valence-electron chi connectivity index (χ1n) is 18.6. The molecule has 10 heteroatoms. The van der Waals surface area contributed by atoms with E-state index in [1.54, 1.807) is 9.80 Å². The number of aliphatic hydroxyl groups is 1. The maximum absolute atomic E-state index is 14.8. The molecule has 3 fully saturated rings. The Morgan fingerprint density at radius 1 is 0.863 bits per heavy atom. The van der Waals surface area contributed by atoms with E-state index < -0.39 is 11.7 Å². The van der Waals surface area contributed by atoms with Gasteiger partial charge in [0, 0.05) is 55.3 Å². The number of hydrogen-bond donors (Lipinski definition) is 1. The van der Waals surface area contributed by atoms with Gasteiger partial charge in [-0.3, -0.25) is 19.2 Å². The van der Waals surface area contributed by atoms with Gasteiger partial charge in [-0.2, -0.15) is 0 Å². The Kier molecular flexibility index (Phi) is 8.92. The van der Waals surface area contributed by atoms with Crippen LogP contribution < -0.4 is 14.7 Å². The van der Waals surface area contributed by atoms with E-state index in [0.717, 1.165) is 65.0 Å². The van der Waals surface area contributed by atoms with Crippen molar-refractivity contribution >= 4 is 40.7 Å². The van der Waals surface area contributed by atoms with Crippen LogP contribution in [0.1, 0.15) is 80.5 Å². The summed E-state index contributed by atoms with van der Waals surface area (Å²) >= 11 is 0. The molecule has 0 radical (unpaired) electrons. The molecule has 3 aromatic rings. The zero-order chi connectivity index (χ0) is 35.3. The molecule has 1 spiro atoms. The average Bonchev–Trinajstić information content (AvgIpc) is 3.60. The van der Waals surface area contributed by atoms with Crippen LogP contribution in [0.2, 0.25) is 0 Å². The molecule has 0 saturated carbocycles. The van der Waals surface area contributed by atoms with E-state index in [1.165, 1.54) is 0 Å². The number of fused-ring (bicyclic) bond motifs is 3. The maximum Gasteiger partial charge on any atom is 0.264 e. The molecule has 0 aliphatic carbocycles. The lowest BCUT2D eigenvalue weighted by atomic mass is 9.82. The average molecular weight is 691 g/mol. The van der Waals surface area contributed by atoms with Crippen molar-refractivity contribution in [1.82, 2.24) is 4.90 Å². The second-order valence-electron chi connectivity index (χ2n) is 14.9. The van der Waals surface area contributed by atoms with E-state index >= 15 is 0 Å². The predicted octanol–water partition coefficient (Wildman–Crippen LogP) is 5.22. The fraction of sp³-hybridized carbons (Fsp3) is 0.463. The van der Waals surface area contributed by atoms with Crippen molar-refractivity contribution in [2.75, 3.05) is 34.4 Å². The van der Waals surface area contributed by atoms with Gasteiger partial charge >= 0.3 is 0 Å². The van der Waals surface area contributed by atoms with Crippen LogP contribution in [0.25, 0.3) is 0 Å². The molecule has 5 heterocycles. The minimum absolute atomic E-state index is 0.0779. The van der Waals surface area contributed by atoms with Crippen LogP contribution in [0.3, 0.4) is 0 Å². The molecule has 0 bridgehead atoms. The molecule has 3 aromatic carbocycles. The number of benzene rings is 3. The van der Waals surface area contributed by atoms with Gasteiger partial charge in [-0.25, -0.2) is 0 Å². The molecular formula is C41H46N4O6. The predicted molar refractivity (Wildman–Crippen MR) is 193 cm³/mol. The van der Waals surface area contributed by atoms with Gasteiger partial charge in [0.2, 0.25) is 17.7 Å². The highest BCUT2D eigenvalue weighted by Gasteiger charge is 2.60. The Morgan fingerprint density at radius 3 is 2.22 bits per heavy atom. The molecule has 266 valence electrons. The number of anilines is 3. The summed E-state index contributed by atoms with van der Waals surface area (Å²) in [5, 5.41) is 10.2. The highest BCUT2D eigenvalue weighted by atomic mass is 16.5. The lowest BCUT2D eigenvalue weighted by molar-refractivity contribution is -0.151. The van der Waals surface area contributed by atoms with E-state index in [4.69, 9.17) is 4.74 Å². The Balaban J connectivity index is 1.08. The molecule has 4 atom stereocenters. The first kappa shape index (κ1) is 33.6. The van der Waals surface area contributed by atoms with Gasteiger partial charge in [0.1, 0.15) is 0 Å². The quantitative estimate of drug-likeness (QED) is 0.364. The van der Waals surface area contributed by atoms with Crippen LogP contribution in [0.4, 0.5) is 17.1 Å². The van der Waals surface area contributed by atoms with Crippen molar-refractivity contribution in [3.63, 3.8) is 0 Å². The Morgan fingerprint density at radius 2 is 1.53 bits per heavy atom. The van der Waals surface area contributed by atoms with Gasteiger partial charge in [-0.05, 0) is 85.5 Å². The second kappa shape index (κ2) is 13.5. The lowest BCUT2D eigenvalue weighted by Crippen LogP contribution is -2.47. The number of rotatable bonds is 7. The molecule has 3 saturated heterocycles. The topological polar surface area (TPSA) is 111 Å². The van der Waals surface area contributed by atoms with Gasteiger partial charge in [0.05, 0.1) is 37.4 Å². The van der Waals surface area contributed by atoms with Crippen molar-refractivity contribution in [1.29, 1.82) is 0 Å². The molecule has 10 nitrogen and oxygen atoms in total. The monoisotopic (exact) mass is 690 g/mol. The van der Waals surface area contributed by atoms with Crippen molar-refractivity contribution in [2.24, 2.45) is 5.92 Å². The first-order valence-corrected chi connectivity index (χ1v) is 18.6. The van der Waals surface area contributed by atoms with Crippen molar-refractivity contribution in [3.8, 4) is 0 Å². The number of ether oxygens (including phenoxy) is 1. The summed E-state index contributed by atoms with van der Waals surface area (Å²) in [6, 6.07) is 21.4. The lowest BCUT2D eigenvalue weighted by Gasteiger charge is -2.36. The second-order valence-corrected chi connectivity index (χ2v) is 14.9. The number of carbonyl (C=O) groups excluding carboxylic acids is 4. The van der Waals surface area contributed by atoms with Gasteiger partial charge in [0.25, 0.3) is 5.91 Å². The van der Waals surface area contributed by atoms with E-state index in [9.17, 15) is 24.3 Å². The molecule has 1 N–H and O–H groups in total. The summed E-state index contributed by atoms with van der Waals surface area (Å²) in [6.07, 6.45) is 5.48. The third-order valence-electron chi connectivity index (χ3n) is 11.7. The fourth-order valence-electron chi connectivity index (χ4n) is 8.99. The SMILES string of the molecule is C[C@H]1C[C@@H](CC(=O)N2Cc3ccccc3C[C@H]2CO)O[C@]12C(=O)N(Cc1ccc(N3CCCCC3=O)cc1)c1ccc(N3CCCCC3=O)cc12. The summed E-state index contributed by atoms with van der Waals surface area (Å²) < 4.78 is 6.86. The van der Waals surface area contributed by atoms with E-state index in [-0.39, 0.29) is 48.6 Å². The Hall–Kier alpha value is -4.54. The zero-order valence-electron chi connectivity index (χ0n) is 29.3. The van der Waals surface area contributed by atoms with Gasteiger partial charge in [-0.1, -0.05) is 43.3 Å². The third kappa shape index (κ3) is 5.92. The van der Waals surface area contributed by atoms with Crippen molar-refractivity contribution in [3.05, 3.63) is 89.0 Å². The molecule has 0 aromatic heterocycles. The molecule has 5 aliphatic rings. The molecule has 4 amide bonds. The third-order valence-corrected chi connectivity index (χ3v) is 11.7. The number of nitrogens with zero attached hydrogens (tertiary/aromatic N) is 4. The number of carbonyl (C=O) groups is 4. The van der Waals surface area contributed by atoms with Crippen LogP contribution in [-0.4, -0.2) is 65.5 Å². The molecule has 51 heavy (non-hydrogen) atoms. The van der Waals surface area contributed by atoms with Crippen LogP contribution in [0.15, 0.2) is 66.7 Å². The summed E-state index contributed by atoms with van der Waals surface area (Å²) in [5.74, 6) is -0.283. The summed E-state index contributed by atoms with van der Waals surface area (Å²) in [7, 11) is 0. The van der Waals surface area contributed by atoms with Crippen molar-refractivity contribution in [2.45, 2.75) is 95.5 Å². The Bertz CT molecular complexity index is 1860. The fourth-order valence-corrected chi connectivity index (χ4v) is 8.99. The maximum atomic E-state index is 14.8. The molecule has 8 rings (SSSR count). The van der Waals surface area contributed by atoms with Gasteiger partial charge in [0.15, 0.2) is 5.60 Å². The van der Waals surface area contributed by atoms with Crippen molar-refractivity contribution < 1.29 is 29.0 Å². The highest BCUT2D eigenvalue weighted by molar-refractivity contribution is 6.08. The highest BCUT2D eigenvalue weighted by Crippen LogP contribution is 2.55. The molecule has 5 aliphatic heterocycles. The van der Waals surface area contributed by atoms with E-state index in [0.29, 0.717) is 51.9 Å². The zero-order valence-corrected chi connectivity index (χ0v) is 29.3. The summed E-state index contributed by atoms with van der Waals surface area (Å²) in [6.45, 7) is 3.99. The summed E-state index contributed by atoms with van der Waals surface area (Å²) in [5.41, 5.74) is 4.96. The van der Waals surface area contributed by atoms with E-state index in [1.807, 2.05) is 77.4 Å². The normalized spacial score (nSPS) is 26.2. The minimum Gasteiger partial charge on any atom is -0.394 e. The largest absolute Gasteiger partial charge is 0.394 e. The number of hydrogen-bond acceptors (Lipinski definition) is 6. The van der Waals surface area contributed by atoms with Crippen LogP contribution in [0.5, 0.6) is 0 Å². The van der Waals surface area contributed by atoms with Gasteiger partial charge < -0.3 is 29.4 Å². The Labute approximate surface area is 299 Å². The number of amides is 4. The molecule has 0 unspecified atom stereocenters. The van der Waals surface area contributed by atoms with Crippen LogP contribution >= 0.6 is 0 Å². The summed E-state index contributed by atoms with van der Waals surface area (Å²) in [4.78, 5) is 61.4. The minimum atomic E-state index is -1.31. The van der Waals surface area contributed by atoms with Crippen LogP contribution in [-0.2, 0) is 49.0 Å². The number of piperidine rings is 2. The smallest absolute Gasteiger partial charge is 0.264 e. The number of aliphatic hydroxyl groups excluding tert-OH is 1. The molecular weight excluding hydrogens is 644 g/mol.